The molecule has 7 nitrogen and oxygen atoms in total. The number of alkyl halides is 3. The molecule has 0 saturated heterocycles. The molecule has 0 spiro atoms. The zero-order chi connectivity index (χ0) is 18.2. The first-order valence-corrected chi connectivity index (χ1v) is 7.35. The number of aromatic nitrogens is 3. The molecule has 0 unspecified atom stereocenters. The summed E-state index contributed by atoms with van der Waals surface area (Å²) in [6, 6.07) is 6.11. The Morgan fingerprint density at radius 1 is 1.16 bits per heavy atom. The van der Waals surface area contributed by atoms with Gasteiger partial charge in [0.05, 0.1) is 18.5 Å². The van der Waals surface area contributed by atoms with Gasteiger partial charge in [-0.3, -0.25) is 4.79 Å². The minimum atomic E-state index is -4.60. The van der Waals surface area contributed by atoms with Gasteiger partial charge in [0.1, 0.15) is 0 Å². The number of carboxylic acid groups (broad SMARTS) is 1. The molecule has 1 amide bonds. The molecule has 2 aromatic rings. The van der Waals surface area contributed by atoms with Crippen molar-refractivity contribution in [1.82, 2.24) is 19.7 Å². The van der Waals surface area contributed by atoms with Gasteiger partial charge < -0.3 is 14.6 Å². The molecule has 0 atom stereocenters. The highest BCUT2D eigenvalue weighted by Gasteiger charge is 2.39. The number of fused-ring (bicyclic) bond motifs is 1. The van der Waals surface area contributed by atoms with Crippen LogP contribution in [0.2, 0.25) is 0 Å². The van der Waals surface area contributed by atoms with Gasteiger partial charge >= 0.3 is 12.1 Å². The Labute approximate surface area is 139 Å². The number of rotatable bonds is 3. The van der Waals surface area contributed by atoms with Gasteiger partial charge in [-0.25, -0.2) is 4.79 Å². The Bertz CT molecular complexity index is 832. The molecule has 2 heterocycles. The maximum atomic E-state index is 12.8. The summed E-state index contributed by atoms with van der Waals surface area (Å²) in [6.07, 6.45) is -4.75. The average molecular weight is 354 g/mol. The molecular formula is C15H13F3N4O3. The second kappa shape index (κ2) is 6.19. The van der Waals surface area contributed by atoms with Crippen molar-refractivity contribution in [3.63, 3.8) is 0 Å². The lowest BCUT2D eigenvalue weighted by Gasteiger charge is -2.28. The minimum absolute atomic E-state index is 0.0235. The highest BCUT2D eigenvalue weighted by atomic mass is 19.4. The molecule has 1 aliphatic heterocycles. The monoisotopic (exact) mass is 354 g/mol. The molecule has 0 fully saturated rings. The van der Waals surface area contributed by atoms with Crippen LogP contribution in [0.25, 0.3) is 0 Å². The summed E-state index contributed by atoms with van der Waals surface area (Å²) in [5.74, 6) is -2.54. The number of carbonyl (C=O) groups is 2. The number of hydrogen-bond acceptors (Lipinski definition) is 4. The quantitative estimate of drug-likeness (QED) is 0.904. The first-order chi connectivity index (χ1) is 11.8. The fourth-order valence-corrected chi connectivity index (χ4v) is 2.74. The second-order valence-electron chi connectivity index (χ2n) is 5.54. The van der Waals surface area contributed by atoms with Crippen molar-refractivity contribution in [2.45, 2.75) is 25.7 Å². The van der Waals surface area contributed by atoms with Gasteiger partial charge in [0.15, 0.2) is 5.82 Å². The van der Waals surface area contributed by atoms with Crippen molar-refractivity contribution in [2.24, 2.45) is 0 Å². The predicted octanol–water partition coefficient (Wildman–Crippen LogP) is 1.58. The highest BCUT2D eigenvalue weighted by molar-refractivity contribution is 5.91. The largest absolute Gasteiger partial charge is 0.478 e. The number of carboxylic acids is 1. The van der Waals surface area contributed by atoms with Crippen LogP contribution in [0.4, 0.5) is 13.2 Å². The van der Waals surface area contributed by atoms with Gasteiger partial charge in [0, 0.05) is 13.1 Å². The lowest BCUT2D eigenvalue weighted by Crippen LogP contribution is -2.40. The van der Waals surface area contributed by atoms with E-state index >= 15 is 0 Å². The lowest BCUT2D eigenvalue weighted by atomic mass is 10.0. The smallest absolute Gasteiger partial charge is 0.451 e. The SMILES string of the molecule is O=C(O)c1ccccc1CC(=O)N1CCn2c(nnc2C(F)(F)F)C1. The fourth-order valence-electron chi connectivity index (χ4n) is 2.74. The molecule has 0 bridgehead atoms. The van der Waals surface area contributed by atoms with E-state index in [-0.39, 0.29) is 43.4 Å². The van der Waals surface area contributed by atoms with Gasteiger partial charge in [-0.1, -0.05) is 18.2 Å². The Morgan fingerprint density at radius 2 is 1.88 bits per heavy atom. The van der Waals surface area contributed by atoms with E-state index in [0.29, 0.717) is 5.56 Å². The van der Waals surface area contributed by atoms with E-state index in [1.54, 1.807) is 12.1 Å². The van der Waals surface area contributed by atoms with Crippen LogP contribution >= 0.6 is 0 Å². The van der Waals surface area contributed by atoms with Gasteiger partial charge in [0.2, 0.25) is 11.7 Å². The Hall–Kier alpha value is -2.91. The van der Waals surface area contributed by atoms with Gasteiger partial charge in [0.25, 0.3) is 0 Å². The van der Waals surface area contributed by atoms with Crippen molar-refractivity contribution in [3.8, 4) is 0 Å². The van der Waals surface area contributed by atoms with Gasteiger partial charge in [-0.05, 0) is 11.6 Å². The van der Waals surface area contributed by atoms with E-state index in [1.165, 1.54) is 17.0 Å². The molecule has 0 aliphatic carbocycles. The summed E-state index contributed by atoms with van der Waals surface area (Å²) >= 11 is 0. The van der Waals surface area contributed by atoms with Crippen LogP contribution in [0.1, 0.15) is 27.6 Å². The molecular weight excluding hydrogens is 341 g/mol. The van der Waals surface area contributed by atoms with Crippen LogP contribution < -0.4 is 0 Å². The van der Waals surface area contributed by atoms with Gasteiger partial charge in [-0.2, -0.15) is 13.2 Å². The third-order valence-corrected chi connectivity index (χ3v) is 3.95. The zero-order valence-corrected chi connectivity index (χ0v) is 12.8. The number of benzene rings is 1. The predicted molar refractivity (Wildman–Crippen MR) is 77.5 cm³/mol. The molecule has 3 rings (SSSR count). The molecule has 1 aromatic carbocycles. The van der Waals surface area contributed by atoms with E-state index in [2.05, 4.69) is 10.2 Å². The molecule has 1 aromatic heterocycles. The Kier molecular flexibility index (Phi) is 4.19. The maximum absolute atomic E-state index is 12.8. The van der Waals surface area contributed by atoms with Crippen LogP contribution in [0.5, 0.6) is 0 Å². The zero-order valence-electron chi connectivity index (χ0n) is 12.8. The van der Waals surface area contributed by atoms with E-state index in [0.717, 1.165) is 4.57 Å². The van der Waals surface area contributed by atoms with E-state index in [4.69, 9.17) is 5.11 Å². The third-order valence-electron chi connectivity index (χ3n) is 3.95. The summed E-state index contributed by atoms with van der Waals surface area (Å²) < 4.78 is 39.4. The summed E-state index contributed by atoms with van der Waals surface area (Å²) in [5, 5.41) is 15.8. The standard InChI is InChI=1S/C15H13F3N4O3/c16-15(17,18)14-20-19-11-8-21(5-6-22(11)14)12(23)7-9-3-1-2-4-10(9)13(24)25/h1-4H,5-8H2,(H,24,25). The number of carbonyl (C=O) groups excluding carboxylic acids is 1. The van der Waals surface area contributed by atoms with Crippen LogP contribution in [0, 0.1) is 0 Å². The third kappa shape index (κ3) is 3.32. The number of aromatic carboxylic acids is 1. The topological polar surface area (TPSA) is 88.3 Å². The number of amides is 1. The van der Waals surface area contributed by atoms with Crippen molar-refractivity contribution in [2.75, 3.05) is 6.54 Å². The van der Waals surface area contributed by atoms with Crippen LogP contribution in [0.15, 0.2) is 24.3 Å². The number of nitrogens with zero attached hydrogens (tertiary/aromatic N) is 4. The van der Waals surface area contributed by atoms with E-state index in [1.807, 2.05) is 0 Å². The first-order valence-electron chi connectivity index (χ1n) is 7.35. The molecule has 0 radical (unpaired) electrons. The van der Waals surface area contributed by atoms with Crippen molar-refractivity contribution in [3.05, 3.63) is 47.0 Å². The van der Waals surface area contributed by atoms with Crippen molar-refractivity contribution < 1.29 is 27.9 Å². The average Bonchev–Trinajstić information content (AvgIpc) is 2.98. The number of hydrogen-bond donors (Lipinski definition) is 1. The van der Waals surface area contributed by atoms with Crippen molar-refractivity contribution >= 4 is 11.9 Å². The molecule has 1 aliphatic rings. The summed E-state index contributed by atoms with van der Waals surface area (Å²) in [7, 11) is 0. The molecule has 25 heavy (non-hydrogen) atoms. The maximum Gasteiger partial charge on any atom is 0.451 e. The second-order valence-corrected chi connectivity index (χ2v) is 5.54. The lowest BCUT2D eigenvalue weighted by molar-refractivity contribution is -0.148. The summed E-state index contributed by atoms with van der Waals surface area (Å²) in [6.45, 7) is -0.0944. The molecule has 0 saturated carbocycles. The normalized spacial score (nSPS) is 14.3. The fraction of sp³-hybridized carbons (Fsp3) is 0.333. The van der Waals surface area contributed by atoms with Crippen LogP contribution in [-0.4, -0.2) is 43.2 Å². The van der Waals surface area contributed by atoms with Crippen molar-refractivity contribution in [1.29, 1.82) is 0 Å². The Balaban J connectivity index is 1.76. The van der Waals surface area contributed by atoms with E-state index < -0.39 is 18.0 Å². The summed E-state index contributed by atoms with van der Waals surface area (Å²) in [5.41, 5.74) is 0.374. The van der Waals surface area contributed by atoms with E-state index in [9.17, 15) is 22.8 Å². The molecule has 132 valence electrons. The van der Waals surface area contributed by atoms with Crippen LogP contribution in [0.3, 0.4) is 0 Å². The first kappa shape index (κ1) is 16.9. The van der Waals surface area contributed by atoms with Gasteiger partial charge in [-0.15, -0.1) is 10.2 Å². The molecule has 10 heteroatoms. The minimum Gasteiger partial charge on any atom is -0.478 e. The summed E-state index contributed by atoms with van der Waals surface area (Å²) in [4.78, 5) is 24.9. The highest BCUT2D eigenvalue weighted by Crippen LogP contribution is 2.29. The Morgan fingerprint density at radius 3 is 2.56 bits per heavy atom. The van der Waals surface area contributed by atoms with Crippen LogP contribution in [-0.2, 0) is 30.5 Å². The number of halogens is 3. The molecule has 1 N–H and O–H groups in total.